The Morgan fingerprint density at radius 1 is 1.00 bits per heavy atom. The normalized spacial score (nSPS) is 22.3. The molecule has 1 fully saturated rings. The maximum Gasteiger partial charge on any atom is 0.326 e. The highest BCUT2D eigenvalue weighted by Crippen LogP contribution is 2.48. The van der Waals surface area contributed by atoms with Gasteiger partial charge in [0.25, 0.3) is 0 Å². The van der Waals surface area contributed by atoms with Crippen LogP contribution in [0.25, 0.3) is 0 Å². The number of carbonyl (C=O) groups is 1. The monoisotopic (exact) mass is 361 g/mol. The van der Waals surface area contributed by atoms with E-state index in [2.05, 4.69) is 0 Å². The zero-order valence-corrected chi connectivity index (χ0v) is 15.0. The molecule has 25 heavy (non-hydrogen) atoms. The summed E-state index contributed by atoms with van der Waals surface area (Å²) in [4.78, 5) is 12.2. The molecule has 132 valence electrons. The van der Waals surface area contributed by atoms with Crippen molar-refractivity contribution in [3.8, 4) is 5.75 Å². The van der Waals surface area contributed by atoms with Crippen LogP contribution >= 0.6 is 0 Å². The molecule has 0 saturated carbocycles. The number of hydrogen-bond acceptors (Lipinski definition) is 5. The van der Waals surface area contributed by atoms with Gasteiger partial charge in [0.2, 0.25) is 10.0 Å². The van der Waals surface area contributed by atoms with Gasteiger partial charge in [-0.3, -0.25) is 4.79 Å². The lowest BCUT2D eigenvalue weighted by molar-refractivity contribution is -0.140. The first kappa shape index (κ1) is 17.4. The molecule has 3 rings (SSSR count). The highest BCUT2D eigenvalue weighted by atomic mass is 32.2. The Morgan fingerprint density at radius 3 is 2.12 bits per heavy atom. The summed E-state index contributed by atoms with van der Waals surface area (Å²) in [7, 11) is -0.993. The molecule has 1 saturated heterocycles. The van der Waals surface area contributed by atoms with Crippen LogP contribution in [0, 0.1) is 6.92 Å². The van der Waals surface area contributed by atoms with Gasteiger partial charge in [-0.1, -0.05) is 29.8 Å². The van der Waals surface area contributed by atoms with E-state index in [4.69, 9.17) is 9.47 Å². The van der Waals surface area contributed by atoms with Gasteiger partial charge < -0.3 is 9.47 Å². The number of methoxy groups -OCH3 is 2. The Morgan fingerprint density at radius 2 is 1.60 bits per heavy atom. The van der Waals surface area contributed by atoms with Crippen molar-refractivity contribution in [3.63, 3.8) is 0 Å². The number of benzene rings is 2. The largest absolute Gasteiger partial charge is 0.497 e. The van der Waals surface area contributed by atoms with E-state index in [1.54, 1.807) is 55.6 Å². The molecule has 2 aromatic rings. The molecule has 0 amide bonds. The van der Waals surface area contributed by atoms with Gasteiger partial charge in [0.05, 0.1) is 25.2 Å². The zero-order valence-electron chi connectivity index (χ0n) is 14.2. The third-order valence-corrected chi connectivity index (χ3v) is 6.13. The van der Waals surface area contributed by atoms with Gasteiger partial charge in [0.1, 0.15) is 11.8 Å². The quantitative estimate of drug-likeness (QED) is 0.603. The van der Waals surface area contributed by atoms with E-state index in [0.717, 1.165) is 5.56 Å². The first-order valence-electron chi connectivity index (χ1n) is 7.72. The first-order chi connectivity index (χ1) is 11.9. The predicted molar refractivity (Wildman–Crippen MR) is 91.7 cm³/mol. The van der Waals surface area contributed by atoms with Crippen LogP contribution < -0.4 is 4.74 Å². The highest BCUT2D eigenvalue weighted by Gasteiger charge is 2.61. The smallest absolute Gasteiger partial charge is 0.326 e. The molecule has 2 aromatic carbocycles. The summed E-state index contributed by atoms with van der Waals surface area (Å²) in [6.45, 7) is 1.88. The lowest BCUT2D eigenvalue weighted by Gasteiger charge is -2.07. The molecular formula is C18H19NO5S. The van der Waals surface area contributed by atoms with Gasteiger partial charge in [-0.05, 0) is 36.8 Å². The summed E-state index contributed by atoms with van der Waals surface area (Å²) >= 11 is 0. The van der Waals surface area contributed by atoms with Crippen LogP contribution in [-0.2, 0) is 19.6 Å². The molecule has 0 bridgehead atoms. The van der Waals surface area contributed by atoms with Crippen molar-refractivity contribution >= 4 is 16.0 Å². The van der Waals surface area contributed by atoms with Crippen molar-refractivity contribution in [2.24, 2.45) is 0 Å². The van der Waals surface area contributed by atoms with E-state index in [1.807, 2.05) is 6.92 Å². The molecule has 6 nitrogen and oxygen atoms in total. The van der Waals surface area contributed by atoms with Gasteiger partial charge in [-0.15, -0.1) is 0 Å². The summed E-state index contributed by atoms with van der Waals surface area (Å²) in [5.41, 5.74) is 1.67. The first-order valence-corrected chi connectivity index (χ1v) is 9.16. The van der Waals surface area contributed by atoms with E-state index in [9.17, 15) is 13.2 Å². The molecule has 0 aliphatic carbocycles. The van der Waals surface area contributed by atoms with Crippen LogP contribution in [0.15, 0.2) is 53.4 Å². The number of ether oxygens (including phenoxy) is 2. The molecule has 0 spiro atoms. The minimum Gasteiger partial charge on any atom is -0.497 e. The minimum absolute atomic E-state index is 0.156. The third kappa shape index (κ3) is 3.12. The molecule has 0 N–H and O–H groups in total. The second-order valence-corrected chi connectivity index (χ2v) is 7.68. The minimum atomic E-state index is -3.80. The maximum atomic E-state index is 12.9. The van der Waals surface area contributed by atoms with Crippen molar-refractivity contribution in [1.29, 1.82) is 0 Å². The topological polar surface area (TPSA) is 72.7 Å². The Bertz CT molecular complexity index is 875. The number of hydrogen-bond donors (Lipinski definition) is 0. The molecule has 1 aliphatic heterocycles. The average Bonchev–Trinajstić information content (AvgIpc) is 3.38. The van der Waals surface area contributed by atoms with Crippen LogP contribution in [0.2, 0.25) is 0 Å². The van der Waals surface area contributed by atoms with Gasteiger partial charge in [-0.2, -0.15) is 4.31 Å². The lowest BCUT2D eigenvalue weighted by Crippen LogP contribution is -2.20. The van der Waals surface area contributed by atoms with Crippen molar-refractivity contribution in [3.05, 3.63) is 59.7 Å². The van der Waals surface area contributed by atoms with Crippen LogP contribution in [0.4, 0.5) is 0 Å². The number of sulfonamides is 1. The summed E-state index contributed by atoms with van der Waals surface area (Å²) in [6, 6.07) is 12.1. The second kappa shape index (κ2) is 6.50. The number of nitrogens with zero attached hydrogens (tertiary/aromatic N) is 1. The molecule has 1 heterocycles. The van der Waals surface area contributed by atoms with Crippen LogP contribution in [-0.4, -0.2) is 39.0 Å². The van der Waals surface area contributed by atoms with E-state index in [1.165, 1.54) is 11.4 Å². The summed E-state index contributed by atoms with van der Waals surface area (Å²) in [5.74, 6) is 0.0865. The Balaban J connectivity index is 1.97. The van der Waals surface area contributed by atoms with Crippen LogP contribution in [0.3, 0.4) is 0 Å². The highest BCUT2D eigenvalue weighted by molar-refractivity contribution is 7.89. The van der Waals surface area contributed by atoms with Gasteiger partial charge in [0, 0.05) is 0 Å². The summed E-state index contributed by atoms with van der Waals surface area (Å²) < 4.78 is 37.0. The summed E-state index contributed by atoms with van der Waals surface area (Å²) in [5, 5.41) is 0. The van der Waals surface area contributed by atoms with Gasteiger partial charge >= 0.3 is 5.97 Å². The lowest BCUT2D eigenvalue weighted by atomic mass is 10.1. The molecule has 1 unspecified atom stereocenters. The molecule has 3 atom stereocenters. The van der Waals surface area contributed by atoms with Crippen molar-refractivity contribution in [2.75, 3.05) is 14.2 Å². The maximum absolute atomic E-state index is 12.9. The fraction of sp³-hybridized carbons (Fsp3) is 0.278. The van der Waals surface area contributed by atoms with E-state index in [-0.39, 0.29) is 4.90 Å². The summed E-state index contributed by atoms with van der Waals surface area (Å²) in [6.07, 6.45) is 0. The van der Waals surface area contributed by atoms with Crippen molar-refractivity contribution in [2.45, 2.75) is 23.9 Å². The van der Waals surface area contributed by atoms with E-state index >= 15 is 0 Å². The Hall–Kier alpha value is -2.38. The zero-order chi connectivity index (χ0) is 18.2. The molecular weight excluding hydrogens is 342 g/mol. The van der Waals surface area contributed by atoms with Gasteiger partial charge in [0.15, 0.2) is 0 Å². The van der Waals surface area contributed by atoms with Crippen molar-refractivity contribution < 1.29 is 22.7 Å². The fourth-order valence-electron chi connectivity index (χ4n) is 2.83. The number of aryl methyl sites for hydroxylation is 1. The predicted octanol–water partition coefficient (Wildman–Crippen LogP) is 2.29. The standard InChI is InChI=1S/C18H19NO5S/c1-12-4-10-15(11-5-12)25(21,22)19-16(17(19)18(20)24-3)13-6-8-14(23-2)9-7-13/h4-11,16-17H,1-3H3/t16-,17+,19?/m1/s1. The number of rotatable bonds is 5. The van der Waals surface area contributed by atoms with E-state index in [0.29, 0.717) is 11.3 Å². The second-order valence-electron chi connectivity index (χ2n) is 5.83. The third-order valence-electron chi connectivity index (χ3n) is 4.25. The molecule has 0 radical (unpaired) electrons. The Kier molecular flexibility index (Phi) is 4.53. The van der Waals surface area contributed by atoms with Crippen LogP contribution in [0.1, 0.15) is 17.2 Å². The number of esters is 1. The molecule has 1 aliphatic rings. The Labute approximate surface area is 147 Å². The average molecular weight is 361 g/mol. The van der Waals surface area contributed by atoms with E-state index < -0.39 is 28.1 Å². The number of carbonyl (C=O) groups excluding carboxylic acids is 1. The van der Waals surface area contributed by atoms with Crippen LogP contribution in [0.5, 0.6) is 5.75 Å². The van der Waals surface area contributed by atoms with Crippen molar-refractivity contribution in [1.82, 2.24) is 4.31 Å². The SMILES string of the molecule is COC(=O)[C@@H]1[C@@H](c2ccc(OC)cc2)N1S(=O)(=O)c1ccc(C)cc1. The molecule has 0 aromatic heterocycles. The molecule has 7 heteroatoms. The van der Waals surface area contributed by atoms with Gasteiger partial charge in [-0.25, -0.2) is 8.42 Å². The fourth-order valence-corrected chi connectivity index (χ4v) is 4.53.